The highest BCUT2D eigenvalue weighted by Gasteiger charge is 2.28. The molecule has 0 bridgehead atoms. The van der Waals surface area contributed by atoms with E-state index in [2.05, 4.69) is 4.90 Å². The van der Waals surface area contributed by atoms with Crippen molar-refractivity contribution in [2.75, 3.05) is 40.3 Å². The summed E-state index contributed by atoms with van der Waals surface area (Å²) < 4.78 is 27.3. The Morgan fingerprint density at radius 3 is 2.33 bits per heavy atom. The molecule has 0 unspecified atom stereocenters. The van der Waals surface area contributed by atoms with E-state index in [0.717, 1.165) is 5.56 Å². The molecule has 0 radical (unpaired) electrons. The molecule has 3 rings (SSSR count). The van der Waals surface area contributed by atoms with Crippen LogP contribution >= 0.6 is 0 Å². The highest BCUT2D eigenvalue weighted by molar-refractivity contribution is 7.89. The molecule has 1 amide bonds. The molecule has 1 aliphatic heterocycles. The number of amides is 1. The fourth-order valence-corrected chi connectivity index (χ4v) is 4.59. The molecule has 1 fully saturated rings. The number of likely N-dealkylation sites (N-methyl/N-ethyl adjacent to an activating group) is 1. The molecule has 2 aromatic carbocycles. The lowest BCUT2D eigenvalue weighted by Gasteiger charge is -2.31. The number of hydrogen-bond donors (Lipinski definition) is 0. The molecule has 27 heavy (non-hydrogen) atoms. The highest BCUT2D eigenvalue weighted by atomic mass is 32.2. The number of benzene rings is 2. The molecule has 1 saturated heterocycles. The molecular weight excluding hydrogens is 362 g/mol. The largest absolute Gasteiger partial charge is 0.337 e. The van der Waals surface area contributed by atoms with Crippen molar-refractivity contribution in [1.82, 2.24) is 14.1 Å². The fraction of sp³-hybridized carbons (Fsp3) is 0.350. The van der Waals surface area contributed by atoms with Crippen molar-refractivity contribution in [2.24, 2.45) is 0 Å². The van der Waals surface area contributed by atoms with Crippen molar-refractivity contribution in [2.45, 2.75) is 11.4 Å². The number of piperazine rings is 1. The minimum atomic E-state index is -3.59. The maximum atomic E-state index is 12.9. The van der Waals surface area contributed by atoms with Gasteiger partial charge in [-0.1, -0.05) is 36.4 Å². The van der Waals surface area contributed by atoms with Gasteiger partial charge in [0.2, 0.25) is 10.0 Å². The quantitative estimate of drug-likeness (QED) is 0.786. The van der Waals surface area contributed by atoms with E-state index >= 15 is 0 Å². The number of nitrogens with zero attached hydrogens (tertiary/aromatic N) is 3. The van der Waals surface area contributed by atoms with Crippen molar-refractivity contribution in [3.05, 3.63) is 65.7 Å². The van der Waals surface area contributed by atoms with Gasteiger partial charge in [0, 0.05) is 45.3 Å². The molecule has 0 atom stereocenters. The summed E-state index contributed by atoms with van der Waals surface area (Å²) in [6.07, 6.45) is 0. The van der Waals surface area contributed by atoms with Gasteiger partial charge >= 0.3 is 0 Å². The van der Waals surface area contributed by atoms with E-state index in [1.54, 1.807) is 30.1 Å². The van der Waals surface area contributed by atoms with Crippen molar-refractivity contribution in [3.8, 4) is 0 Å². The van der Waals surface area contributed by atoms with Gasteiger partial charge in [-0.15, -0.1) is 0 Å². The summed E-state index contributed by atoms with van der Waals surface area (Å²) in [5, 5.41) is 0. The van der Waals surface area contributed by atoms with E-state index in [0.29, 0.717) is 38.3 Å². The fourth-order valence-electron chi connectivity index (χ4n) is 3.12. The second kappa shape index (κ2) is 8.21. The smallest absolute Gasteiger partial charge is 0.253 e. The van der Waals surface area contributed by atoms with Gasteiger partial charge in [-0.25, -0.2) is 8.42 Å². The summed E-state index contributed by atoms with van der Waals surface area (Å²) in [6, 6.07) is 16.0. The molecule has 0 saturated carbocycles. The minimum absolute atomic E-state index is 0.172. The summed E-state index contributed by atoms with van der Waals surface area (Å²) in [4.78, 5) is 16.6. The Morgan fingerprint density at radius 1 is 1.00 bits per heavy atom. The standard InChI is InChI=1S/C20H25N3O3S/c1-21-11-13-23(14-12-21)27(25,26)19-10-6-9-18(15-19)20(24)22(2)16-17-7-4-3-5-8-17/h3-10,15H,11-14,16H2,1-2H3. The first-order valence-electron chi connectivity index (χ1n) is 8.96. The third kappa shape index (κ3) is 4.55. The third-order valence-electron chi connectivity index (χ3n) is 4.79. The number of carbonyl (C=O) groups excluding carboxylic acids is 1. The maximum Gasteiger partial charge on any atom is 0.253 e. The van der Waals surface area contributed by atoms with E-state index in [1.165, 1.54) is 10.4 Å². The number of hydrogen-bond acceptors (Lipinski definition) is 4. The summed E-state index contributed by atoms with van der Waals surface area (Å²) in [7, 11) is 0.107. The van der Waals surface area contributed by atoms with Crippen LogP contribution in [0.5, 0.6) is 0 Å². The van der Waals surface area contributed by atoms with Gasteiger partial charge in [0.05, 0.1) is 4.90 Å². The first-order valence-corrected chi connectivity index (χ1v) is 10.4. The third-order valence-corrected chi connectivity index (χ3v) is 6.68. The van der Waals surface area contributed by atoms with Gasteiger partial charge in [0.25, 0.3) is 5.91 Å². The van der Waals surface area contributed by atoms with Gasteiger partial charge in [0.15, 0.2) is 0 Å². The van der Waals surface area contributed by atoms with E-state index in [4.69, 9.17) is 0 Å². The van der Waals surface area contributed by atoms with E-state index < -0.39 is 10.0 Å². The number of carbonyl (C=O) groups is 1. The zero-order valence-corrected chi connectivity index (χ0v) is 16.5. The van der Waals surface area contributed by atoms with Gasteiger partial charge in [0.1, 0.15) is 0 Å². The predicted molar refractivity (Wildman–Crippen MR) is 105 cm³/mol. The first-order chi connectivity index (χ1) is 12.9. The zero-order chi connectivity index (χ0) is 19.4. The predicted octanol–water partition coefficient (Wildman–Crippen LogP) is 1.89. The van der Waals surface area contributed by atoms with Crippen LogP contribution in [0.4, 0.5) is 0 Å². The maximum absolute atomic E-state index is 12.9. The summed E-state index contributed by atoms with van der Waals surface area (Å²) in [6.45, 7) is 2.81. The average molecular weight is 388 g/mol. The molecule has 1 aliphatic rings. The van der Waals surface area contributed by atoms with Crippen LogP contribution < -0.4 is 0 Å². The second-order valence-electron chi connectivity index (χ2n) is 6.88. The molecule has 144 valence electrons. The highest BCUT2D eigenvalue weighted by Crippen LogP contribution is 2.19. The van der Waals surface area contributed by atoms with Crippen molar-refractivity contribution >= 4 is 15.9 Å². The van der Waals surface area contributed by atoms with Crippen LogP contribution in [0.25, 0.3) is 0 Å². The molecule has 0 aromatic heterocycles. The van der Waals surface area contributed by atoms with Crippen molar-refractivity contribution in [3.63, 3.8) is 0 Å². The van der Waals surface area contributed by atoms with Gasteiger partial charge in [-0.2, -0.15) is 4.31 Å². The van der Waals surface area contributed by atoms with Gasteiger partial charge in [-0.3, -0.25) is 4.79 Å². The van der Waals surface area contributed by atoms with Crippen molar-refractivity contribution < 1.29 is 13.2 Å². The van der Waals surface area contributed by atoms with Crippen LogP contribution in [0.2, 0.25) is 0 Å². The molecule has 1 heterocycles. The lowest BCUT2D eigenvalue weighted by Crippen LogP contribution is -2.47. The lowest BCUT2D eigenvalue weighted by atomic mass is 10.1. The minimum Gasteiger partial charge on any atom is -0.337 e. The van der Waals surface area contributed by atoms with E-state index in [1.807, 2.05) is 37.4 Å². The van der Waals surface area contributed by atoms with E-state index in [9.17, 15) is 13.2 Å². The summed E-state index contributed by atoms with van der Waals surface area (Å²) in [5.74, 6) is -0.200. The molecule has 7 heteroatoms. The molecule has 6 nitrogen and oxygen atoms in total. The number of rotatable bonds is 5. The zero-order valence-electron chi connectivity index (χ0n) is 15.7. The SMILES string of the molecule is CN1CCN(S(=O)(=O)c2cccc(C(=O)N(C)Cc3ccccc3)c2)CC1. The Balaban J connectivity index is 1.77. The molecule has 0 aliphatic carbocycles. The molecular formula is C20H25N3O3S. The molecule has 0 N–H and O–H groups in total. The monoisotopic (exact) mass is 387 g/mol. The van der Waals surface area contributed by atoms with Gasteiger partial charge < -0.3 is 9.80 Å². The second-order valence-corrected chi connectivity index (χ2v) is 8.82. The van der Waals surface area contributed by atoms with Crippen LogP contribution in [-0.4, -0.2) is 68.7 Å². The van der Waals surface area contributed by atoms with E-state index in [-0.39, 0.29) is 10.8 Å². The van der Waals surface area contributed by atoms with Crippen LogP contribution in [0.1, 0.15) is 15.9 Å². The molecule has 0 spiro atoms. The summed E-state index contributed by atoms with van der Waals surface area (Å²) in [5.41, 5.74) is 1.40. The lowest BCUT2D eigenvalue weighted by molar-refractivity contribution is 0.0785. The Hall–Kier alpha value is -2.22. The Labute approximate surface area is 161 Å². The first kappa shape index (κ1) is 19.5. The average Bonchev–Trinajstić information content (AvgIpc) is 2.68. The Morgan fingerprint density at radius 2 is 1.67 bits per heavy atom. The summed E-state index contributed by atoms with van der Waals surface area (Å²) >= 11 is 0. The van der Waals surface area contributed by atoms with Crippen LogP contribution in [0.15, 0.2) is 59.5 Å². The van der Waals surface area contributed by atoms with Crippen LogP contribution in [-0.2, 0) is 16.6 Å². The van der Waals surface area contributed by atoms with Crippen LogP contribution in [0, 0.1) is 0 Å². The number of sulfonamides is 1. The normalized spacial score (nSPS) is 16.2. The molecule has 2 aromatic rings. The van der Waals surface area contributed by atoms with Crippen LogP contribution in [0.3, 0.4) is 0 Å². The topological polar surface area (TPSA) is 60.9 Å². The van der Waals surface area contributed by atoms with Gasteiger partial charge in [-0.05, 0) is 30.8 Å². The van der Waals surface area contributed by atoms with Crippen molar-refractivity contribution in [1.29, 1.82) is 0 Å². The Bertz CT molecular complexity index is 892. The Kier molecular flexibility index (Phi) is 5.94.